The molecule has 0 bridgehead atoms. The van der Waals surface area contributed by atoms with Gasteiger partial charge in [0.1, 0.15) is 0 Å². The summed E-state index contributed by atoms with van der Waals surface area (Å²) in [6.07, 6.45) is 3.29. The number of hydrogen-bond donors (Lipinski definition) is 1. The van der Waals surface area contributed by atoms with Gasteiger partial charge in [-0.1, -0.05) is 6.07 Å². The Hall–Kier alpha value is -0.620. The van der Waals surface area contributed by atoms with E-state index in [4.69, 9.17) is 0 Å². The molecule has 1 amide bonds. The second kappa shape index (κ2) is 6.52. The Morgan fingerprint density at radius 1 is 1.39 bits per heavy atom. The Balaban J connectivity index is 2.07. The van der Waals surface area contributed by atoms with Gasteiger partial charge >= 0.3 is 0 Å². The Bertz CT molecular complexity index is 414. The minimum absolute atomic E-state index is 0.139. The van der Waals surface area contributed by atoms with Crippen molar-refractivity contribution in [3.63, 3.8) is 0 Å². The zero-order chi connectivity index (χ0) is 13.0. The fourth-order valence-corrected chi connectivity index (χ4v) is 2.92. The Labute approximate surface area is 122 Å². The van der Waals surface area contributed by atoms with E-state index in [1.54, 1.807) is 0 Å². The summed E-state index contributed by atoms with van der Waals surface area (Å²) in [5, 5.41) is 3.38. The van der Waals surface area contributed by atoms with Gasteiger partial charge < -0.3 is 10.2 Å². The normalized spacial score (nSPS) is 20.2. The molecule has 98 valence electrons. The highest BCUT2D eigenvalue weighted by Crippen LogP contribution is 2.16. The fourth-order valence-electron chi connectivity index (χ4n) is 2.38. The van der Waals surface area contributed by atoms with Gasteiger partial charge in [-0.3, -0.25) is 4.79 Å². The summed E-state index contributed by atoms with van der Waals surface area (Å²) in [5.74, 6) is 0.139. The molecule has 1 aromatic carbocycles. The first-order valence-corrected chi connectivity index (χ1v) is 7.50. The average Bonchev–Trinajstić information content (AvgIpc) is 2.66. The molecule has 0 saturated carbocycles. The maximum Gasteiger partial charge on any atom is 0.253 e. The van der Waals surface area contributed by atoms with Gasteiger partial charge in [0, 0.05) is 22.2 Å². The number of halogens is 1. The van der Waals surface area contributed by atoms with Gasteiger partial charge in [0.05, 0.1) is 0 Å². The predicted octanol–water partition coefficient (Wildman–Crippen LogP) is 2.51. The molecule has 1 aromatic rings. The molecule has 0 aliphatic carbocycles. The zero-order valence-electron chi connectivity index (χ0n) is 10.7. The van der Waals surface area contributed by atoms with Crippen LogP contribution >= 0.6 is 22.6 Å². The standard InChI is InChI=1S/C14H19IN2O/c1-17(13-6-3-8-16-9-7-13)14(18)11-4-2-5-12(15)10-11/h2,4-5,10,13,16H,3,6-9H2,1H3. The first-order valence-electron chi connectivity index (χ1n) is 6.42. The zero-order valence-corrected chi connectivity index (χ0v) is 12.8. The predicted molar refractivity (Wildman–Crippen MR) is 81.8 cm³/mol. The average molecular weight is 358 g/mol. The van der Waals surface area contributed by atoms with E-state index in [0.29, 0.717) is 6.04 Å². The number of nitrogens with one attached hydrogen (secondary N) is 1. The summed E-state index contributed by atoms with van der Waals surface area (Å²) < 4.78 is 1.11. The second-order valence-electron chi connectivity index (χ2n) is 4.76. The molecule has 1 N–H and O–H groups in total. The Morgan fingerprint density at radius 3 is 3.00 bits per heavy atom. The number of rotatable bonds is 2. The molecular weight excluding hydrogens is 339 g/mol. The van der Waals surface area contributed by atoms with Gasteiger partial charge in [-0.2, -0.15) is 0 Å². The first-order chi connectivity index (χ1) is 8.68. The van der Waals surface area contributed by atoms with Crippen molar-refractivity contribution in [3.05, 3.63) is 33.4 Å². The molecule has 0 radical (unpaired) electrons. The lowest BCUT2D eigenvalue weighted by molar-refractivity contribution is 0.0720. The largest absolute Gasteiger partial charge is 0.339 e. The summed E-state index contributed by atoms with van der Waals surface area (Å²) in [6, 6.07) is 8.17. The van der Waals surface area contributed by atoms with Crippen molar-refractivity contribution in [1.29, 1.82) is 0 Å². The van der Waals surface area contributed by atoms with Crippen LogP contribution in [0.4, 0.5) is 0 Å². The highest BCUT2D eigenvalue weighted by atomic mass is 127. The van der Waals surface area contributed by atoms with Crippen LogP contribution in [0.1, 0.15) is 29.6 Å². The van der Waals surface area contributed by atoms with Crippen LogP contribution in [0.3, 0.4) is 0 Å². The highest BCUT2D eigenvalue weighted by molar-refractivity contribution is 14.1. The van der Waals surface area contributed by atoms with E-state index in [9.17, 15) is 4.79 Å². The summed E-state index contributed by atoms with van der Waals surface area (Å²) in [4.78, 5) is 14.3. The number of hydrogen-bond acceptors (Lipinski definition) is 2. The molecular formula is C14H19IN2O. The maximum atomic E-state index is 12.4. The molecule has 1 heterocycles. The summed E-state index contributed by atoms with van der Waals surface area (Å²) in [7, 11) is 1.93. The van der Waals surface area contributed by atoms with E-state index in [2.05, 4.69) is 27.9 Å². The first kappa shape index (κ1) is 13.8. The fraction of sp³-hybridized carbons (Fsp3) is 0.500. The van der Waals surface area contributed by atoms with Gasteiger partial charge in [0.15, 0.2) is 0 Å². The van der Waals surface area contributed by atoms with Gasteiger partial charge in [-0.25, -0.2) is 0 Å². The van der Waals surface area contributed by atoms with Crippen LogP contribution in [0, 0.1) is 3.57 Å². The molecule has 1 aliphatic rings. The minimum atomic E-state index is 0.139. The lowest BCUT2D eigenvalue weighted by atomic mass is 10.1. The molecule has 2 rings (SSSR count). The summed E-state index contributed by atoms with van der Waals surface area (Å²) >= 11 is 2.24. The Morgan fingerprint density at radius 2 is 2.22 bits per heavy atom. The molecule has 1 aliphatic heterocycles. The van der Waals surface area contributed by atoms with E-state index >= 15 is 0 Å². The van der Waals surface area contributed by atoms with E-state index in [1.807, 2.05) is 36.2 Å². The molecule has 1 saturated heterocycles. The molecule has 1 fully saturated rings. The SMILES string of the molecule is CN(C(=O)c1cccc(I)c1)C1CCCNCC1. The topological polar surface area (TPSA) is 32.3 Å². The highest BCUT2D eigenvalue weighted by Gasteiger charge is 2.21. The third kappa shape index (κ3) is 3.45. The van der Waals surface area contributed by atoms with Crippen LogP contribution in [-0.4, -0.2) is 37.0 Å². The number of amides is 1. The van der Waals surface area contributed by atoms with Gasteiger partial charge in [0.2, 0.25) is 0 Å². The van der Waals surface area contributed by atoms with Crippen LogP contribution in [0.5, 0.6) is 0 Å². The summed E-state index contributed by atoms with van der Waals surface area (Å²) in [5.41, 5.74) is 0.793. The third-order valence-electron chi connectivity index (χ3n) is 3.48. The molecule has 0 aromatic heterocycles. The van der Waals surface area contributed by atoms with Crippen LogP contribution in [-0.2, 0) is 0 Å². The van der Waals surface area contributed by atoms with Crippen LogP contribution < -0.4 is 5.32 Å². The lowest BCUT2D eigenvalue weighted by Gasteiger charge is -2.27. The molecule has 3 nitrogen and oxygen atoms in total. The monoisotopic (exact) mass is 358 g/mol. The number of benzene rings is 1. The van der Waals surface area contributed by atoms with Crippen molar-refractivity contribution in [2.45, 2.75) is 25.3 Å². The minimum Gasteiger partial charge on any atom is -0.339 e. The van der Waals surface area contributed by atoms with E-state index < -0.39 is 0 Å². The molecule has 1 atom stereocenters. The van der Waals surface area contributed by atoms with Crippen LogP contribution in [0.2, 0.25) is 0 Å². The van der Waals surface area contributed by atoms with Crippen molar-refractivity contribution < 1.29 is 4.79 Å². The van der Waals surface area contributed by atoms with E-state index in [0.717, 1.165) is 41.5 Å². The van der Waals surface area contributed by atoms with E-state index in [1.165, 1.54) is 0 Å². The molecule has 1 unspecified atom stereocenters. The van der Waals surface area contributed by atoms with E-state index in [-0.39, 0.29) is 5.91 Å². The lowest BCUT2D eigenvalue weighted by Crippen LogP contribution is -2.37. The van der Waals surface area contributed by atoms with Gasteiger partial charge in [-0.15, -0.1) is 0 Å². The molecule has 18 heavy (non-hydrogen) atoms. The number of carbonyl (C=O) groups excluding carboxylic acids is 1. The number of carbonyl (C=O) groups is 1. The summed E-state index contributed by atoms with van der Waals surface area (Å²) in [6.45, 7) is 2.08. The molecule has 4 heteroatoms. The third-order valence-corrected chi connectivity index (χ3v) is 4.16. The molecule has 0 spiro atoms. The van der Waals surface area contributed by atoms with Crippen molar-refractivity contribution >= 4 is 28.5 Å². The van der Waals surface area contributed by atoms with Crippen molar-refractivity contribution in [1.82, 2.24) is 10.2 Å². The van der Waals surface area contributed by atoms with Crippen molar-refractivity contribution in [3.8, 4) is 0 Å². The quantitative estimate of drug-likeness (QED) is 0.824. The van der Waals surface area contributed by atoms with Gasteiger partial charge in [-0.05, 0) is 73.1 Å². The van der Waals surface area contributed by atoms with Crippen molar-refractivity contribution in [2.75, 3.05) is 20.1 Å². The van der Waals surface area contributed by atoms with Crippen LogP contribution in [0.25, 0.3) is 0 Å². The Kier molecular flexibility index (Phi) is 5.00. The smallest absolute Gasteiger partial charge is 0.253 e. The second-order valence-corrected chi connectivity index (χ2v) is 6.01. The maximum absolute atomic E-state index is 12.4. The number of nitrogens with zero attached hydrogens (tertiary/aromatic N) is 1. The van der Waals surface area contributed by atoms with Crippen LogP contribution in [0.15, 0.2) is 24.3 Å². The van der Waals surface area contributed by atoms with Crippen molar-refractivity contribution in [2.24, 2.45) is 0 Å². The van der Waals surface area contributed by atoms with Gasteiger partial charge in [0.25, 0.3) is 5.91 Å².